The van der Waals surface area contributed by atoms with E-state index in [2.05, 4.69) is 15.2 Å². The van der Waals surface area contributed by atoms with Gasteiger partial charge in [0.15, 0.2) is 16.7 Å². The number of para-hydroxylation sites is 1. The first kappa shape index (κ1) is 28.2. The number of halogens is 4. The number of benzene rings is 2. The highest BCUT2D eigenvalue weighted by molar-refractivity contribution is 7.17. The lowest BCUT2D eigenvalue weighted by atomic mass is 9.88. The Morgan fingerprint density at radius 2 is 1.88 bits per heavy atom. The van der Waals surface area contributed by atoms with E-state index in [-0.39, 0.29) is 24.8 Å². The van der Waals surface area contributed by atoms with Crippen LogP contribution in [0, 0.1) is 5.82 Å². The zero-order chi connectivity index (χ0) is 28.3. The summed E-state index contributed by atoms with van der Waals surface area (Å²) in [6, 6.07) is 9.86. The minimum Gasteiger partial charge on any atom is -0.482 e. The SMILES string of the molecule is O=C(NCCCO)c1cnc(N2CCC3(CC2)CCN(Cc2cccc(C(F)(F)F)c2)c2cccc(F)c2O3)s1. The van der Waals surface area contributed by atoms with Crippen LogP contribution in [0.2, 0.25) is 0 Å². The number of thiazole rings is 1. The molecule has 0 aliphatic carbocycles. The fourth-order valence-electron chi connectivity index (χ4n) is 5.15. The zero-order valence-electron chi connectivity index (χ0n) is 21.7. The first-order chi connectivity index (χ1) is 19.2. The number of aliphatic hydroxyl groups is 1. The minimum absolute atomic E-state index is 0.00317. The zero-order valence-corrected chi connectivity index (χ0v) is 22.5. The molecule has 1 saturated heterocycles. The molecule has 12 heteroatoms. The van der Waals surface area contributed by atoms with Crippen LogP contribution in [0.4, 0.5) is 28.4 Å². The predicted molar refractivity (Wildman–Crippen MR) is 144 cm³/mol. The number of aliphatic hydroxyl groups excluding tert-OH is 1. The van der Waals surface area contributed by atoms with Crippen LogP contribution in [0.25, 0.3) is 0 Å². The summed E-state index contributed by atoms with van der Waals surface area (Å²) in [4.78, 5) is 21.2. The molecule has 7 nitrogen and oxygen atoms in total. The van der Waals surface area contributed by atoms with Gasteiger partial charge in [-0.2, -0.15) is 13.2 Å². The number of hydrogen-bond donors (Lipinski definition) is 2. The van der Waals surface area contributed by atoms with Crippen molar-refractivity contribution < 1.29 is 32.2 Å². The molecule has 1 spiro atoms. The van der Waals surface area contributed by atoms with Crippen molar-refractivity contribution in [3.05, 3.63) is 70.5 Å². The van der Waals surface area contributed by atoms with Gasteiger partial charge in [0.25, 0.3) is 5.91 Å². The molecule has 0 unspecified atom stereocenters. The molecule has 1 fully saturated rings. The Hall–Kier alpha value is -3.38. The van der Waals surface area contributed by atoms with Crippen molar-refractivity contribution >= 4 is 28.1 Å². The number of anilines is 2. The fraction of sp³-hybridized carbons (Fsp3) is 0.429. The van der Waals surface area contributed by atoms with Crippen LogP contribution in [-0.4, -0.2) is 54.4 Å². The summed E-state index contributed by atoms with van der Waals surface area (Å²) in [6.45, 7) is 2.25. The van der Waals surface area contributed by atoms with E-state index >= 15 is 4.39 Å². The van der Waals surface area contributed by atoms with E-state index in [0.29, 0.717) is 73.1 Å². The first-order valence-electron chi connectivity index (χ1n) is 13.2. The molecule has 2 aliphatic rings. The molecular weight excluding hydrogens is 548 g/mol. The van der Waals surface area contributed by atoms with Gasteiger partial charge in [-0.3, -0.25) is 4.79 Å². The summed E-state index contributed by atoms with van der Waals surface area (Å²) < 4.78 is 61.3. The van der Waals surface area contributed by atoms with Crippen molar-refractivity contribution in [3.63, 3.8) is 0 Å². The van der Waals surface area contributed by atoms with Crippen LogP contribution in [0.3, 0.4) is 0 Å². The standard InChI is InChI=1S/C28H30F4N4O3S/c29-21-6-2-7-22-24(21)39-27(10-14-36(22)18-19-4-1-5-20(16-19)28(30,31)32)8-12-35(13-9-27)26-34-17-23(40-26)25(38)33-11-3-15-37/h1-2,4-7,16-17,37H,3,8-15,18H2,(H,33,38). The van der Waals surface area contributed by atoms with Crippen molar-refractivity contribution in [3.8, 4) is 5.75 Å². The summed E-state index contributed by atoms with van der Waals surface area (Å²) in [5.74, 6) is -0.616. The van der Waals surface area contributed by atoms with Crippen LogP contribution >= 0.6 is 11.3 Å². The maximum atomic E-state index is 15.1. The quantitative estimate of drug-likeness (QED) is 0.295. The maximum Gasteiger partial charge on any atom is 0.416 e. The van der Waals surface area contributed by atoms with Crippen molar-refractivity contribution in [2.45, 2.75) is 44.0 Å². The molecule has 0 radical (unpaired) electrons. The molecule has 0 atom stereocenters. The summed E-state index contributed by atoms with van der Waals surface area (Å²) in [6.07, 6.45) is -0.664. The highest BCUT2D eigenvalue weighted by Gasteiger charge is 2.41. The van der Waals surface area contributed by atoms with Crippen LogP contribution in [0.5, 0.6) is 5.75 Å². The molecule has 2 N–H and O–H groups in total. The number of nitrogens with one attached hydrogen (secondary N) is 1. The average Bonchev–Trinajstić information content (AvgIpc) is 3.38. The van der Waals surface area contributed by atoms with Gasteiger partial charge >= 0.3 is 6.18 Å². The highest BCUT2D eigenvalue weighted by Crippen LogP contribution is 2.43. The van der Waals surface area contributed by atoms with Gasteiger partial charge < -0.3 is 25.0 Å². The van der Waals surface area contributed by atoms with Gasteiger partial charge in [-0.05, 0) is 36.2 Å². The largest absolute Gasteiger partial charge is 0.482 e. The normalized spacial score (nSPS) is 16.8. The number of rotatable bonds is 7. The molecule has 3 aromatic rings. The molecule has 2 aromatic carbocycles. The second kappa shape index (κ2) is 11.6. The third kappa shape index (κ3) is 6.17. The van der Waals surface area contributed by atoms with E-state index in [9.17, 15) is 18.0 Å². The first-order valence-corrected chi connectivity index (χ1v) is 14.0. The Morgan fingerprint density at radius 3 is 2.62 bits per heavy atom. The van der Waals surface area contributed by atoms with Crippen molar-refractivity contribution in [2.75, 3.05) is 42.6 Å². The molecule has 0 bridgehead atoms. The van der Waals surface area contributed by atoms with E-state index in [1.807, 2.05) is 4.90 Å². The van der Waals surface area contributed by atoms with E-state index in [4.69, 9.17) is 9.84 Å². The van der Waals surface area contributed by atoms with Gasteiger partial charge in [0, 0.05) is 58.6 Å². The Balaban J connectivity index is 1.29. The molecule has 3 heterocycles. The van der Waals surface area contributed by atoms with Crippen molar-refractivity contribution in [1.29, 1.82) is 0 Å². The molecule has 214 valence electrons. The number of carbonyl (C=O) groups excluding carboxylic acids is 1. The molecule has 40 heavy (non-hydrogen) atoms. The number of ether oxygens (including phenoxy) is 1. The molecule has 5 rings (SSSR count). The summed E-state index contributed by atoms with van der Waals surface area (Å²) in [7, 11) is 0. The van der Waals surface area contributed by atoms with Crippen LogP contribution in [-0.2, 0) is 12.7 Å². The molecule has 1 amide bonds. The smallest absolute Gasteiger partial charge is 0.416 e. The van der Waals surface area contributed by atoms with Gasteiger partial charge in [0.2, 0.25) is 0 Å². The highest BCUT2D eigenvalue weighted by atomic mass is 32.1. The van der Waals surface area contributed by atoms with Gasteiger partial charge in [-0.25, -0.2) is 9.37 Å². The monoisotopic (exact) mass is 578 g/mol. The lowest BCUT2D eigenvalue weighted by molar-refractivity contribution is -0.137. The number of amides is 1. The fourth-order valence-corrected chi connectivity index (χ4v) is 6.03. The van der Waals surface area contributed by atoms with E-state index in [0.717, 1.165) is 12.1 Å². The van der Waals surface area contributed by atoms with Gasteiger partial charge in [-0.15, -0.1) is 0 Å². The Kier molecular flexibility index (Phi) is 8.18. The van der Waals surface area contributed by atoms with E-state index in [1.165, 1.54) is 29.7 Å². The van der Waals surface area contributed by atoms with Gasteiger partial charge in [-0.1, -0.05) is 29.5 Å². The Labute approximate surface area is 233 Å². The average molecular weight is 579 g/mol. The summed E-state index contributed by atoms with van der Waals surface area (Å²) in [5, 5.41) is 12.4. The van der Waals surface area contributed by atoms with Crippen molar-refractivity contribution in [1.82, 2.24) is 10.3 Å². The number of aromatic nitrogens is 1. The third-order valence-corrected chi connectivity index (χ3v) is 8.41. The summed E-state index contributed by atoms with van der Waals surface area (Å²) >= 11 is 1.29. The van der Waals surface area contributed by atoms with Gasteiger partial charge in [0.1, 0.15) is 10.5 Å². The van der Waals surface area contributed by atoms with Gasteiger partial charge in [0.05, 0.1) is 17.4 Å². The third-order valence-electron chi connectivity index (χ3n) is 7.35. The summed E-state index contributed by atoms with van der Waals surface area (Å²) in [5.41, 5.74) is -0.353. The predicted octanol–water partition coefficient (Wildman–Crippen LogP) is 5.24. The second-order valence-electron chi connectivity index (χ2n) is 10.1. The Morgan fingerprint density at radius 1 is 1.12 bits per heavy atom. The number of carbonyl (C=O) groups is 1. The van der Waals surface area contributed by atoms with Crippen LogP contribution in [0.1, 0.15) is 46.5 Å². The number of nitrogens with zero attached hydrogens (tertiary/aromatic N) is 3. The maximum absolute atomic E-state index is 15.1. The molecule has 0 saturated carbocycles. The van der Waals surface area contributed by atoms with E-state index < -0.39 is 23.2 Å². The Bertz CT molecular complexity index is 1340. The number of piperidine rings is 1. The number of alkyl halides is 3. The second-order valence-corrected chi connectivity index (χ2v) is 11.1. The van der Waals surface area contributed by atoms with Crippen LogP contribution < -0.4 is 19.9 Å². The number of fused-ring (bicyclic) bond motifs is 1. The molecular formula is C28H30F4N4O3S. The molecule has 2 aliphatic heterocycles. The minimum atomic E-state index is -4.44. The molecule has 1 aromatic heterocycles. The van der Waals surface area contributed by atoms with Crippen molar-refractivity contribution in [2.24, 2.45) is 0 Å². The topological polar surface area (TPSA) is 77.9 Å². The lowest BCUT2D eigenvalue weighted by Crippen LogP contribution is -2.48. The lowest BCUT2D eigenvalue weighted by Gasteiger charge is -2.41. The number of hydrogen-bond acceptors (Lipinski definition) is 7. The van der Waals surface area contributed by atoms with E-state index in [1.54, 1.807) is 18.2 Å². The van der Waals surface area contributed by atoms with Crippen LogP contribution in [0.15, 0.2) is 48.7 Å².